The van der Waals surface area contributed by atoms with E-state index in [1.54, 1.807) is 26.2 Å². The van der Waals surface area contributed by atoms with E-state index < -0.39 is 124 Å². The topological polar surface area (TPSA) is 306 Å². The number of anilines is 2. The molecule has 4 atom stereocenters. The Balaban J connectivity index is 0.000000873. The number of fused-ring (bicyclic) bond motifs is 1. The van der Waals surface area contributed by atoms with Gasteiger partial charge in [-0.25, -0.2) is 32.3 Å². The van der Waals surface area contributed by atoms with Gasteiger partial charge in [-0.05, 0) is 172 Å². The first kappa shape index (κ1) is 81.0. The number of rotatable bonds is 36. The molecule has 7 rings (SSSR count). The van der Waals surface area contributed by atoms with Crippen molar-refractivity contribution in [1.82, 2.24) is 25.3 Å². The second kappa shape index (κ2) is 37.1. The molecule has 1 saturated heterocycles. The number of amides is 4. The van der Waals surface area contributed by atoms with Gasteiger partial charge in [0.05, 0.1) is 60.0 Å². The molecule has 0 aliphatic carbocycles. The average molecular weight is 1440 g/mol. The third-order valence-corrected chi connectivity index (χ3v) is 18.4. The number of hydrogen-bond acceptors (Lipinski definition) is 15. The van der Waals surface area contributed by atoms with E-state index >= 15 is 18.0 Å². The third kappa shape index (κ3) is 20.8. The number of alkyl halides is 3. The zero-order chi connectivity index (χ0) is 74.7. The number of aromatic carboxylic acids is 3. The summed E-state index contributed by atoms with van der Waals surface area (Å²) in [5, 5.41) is 42.5. The molecule has 10 N–H and O–H groups in total. The molecular weight excluding hydrogens is 1340 g/mol. The summed E-state index contributed by atoms with van der Waals surface area (Å²) in [7, 11) is 3.09. The van der Waals surface area contributed by atoms with Crippen molar-refractivity contribution < 1.29 is 89.4 Å². The van der Waals surface area contributed by atoms with Crippen LogP contribution in [-0.2, 0) is 23.8 Å². The number of carbonyl (C=O) groups excluding carboxylic acids is 4. The number of methoxy groups -OCH3 is 2. The quantitative estimate of drug-likeness (QED) is 0.0134. The molecule has 550 valence electrons. The molecule has 0 bridgehead atoms. The maximum atomic E-state index is 16.1. The minimum atomic E-state index is -4.98. The van der Waals surface area contributed by atoms with Gasteiger partial charge in [0.25, 0.3) is 17.7 Å². The van der Waals surface area contributed by atoms with Crippen molar-refractivity contribution >= 4 is 74.5 Å². The number of nitrogens with two attached hydrogens (primary N) is 2. The molecule has 1 aliphatic heterocycles. The highest BCUT2D eigenvalue weighted by atomic mass is 32.1. The van der Waals surface area contributed by atoms with Crippen LogP contribution in [0.1, 0.15) is 194 Å². The van der Waals surface area contributed by atoms with Crippen molar-refractivity contribution in [1.29, 1.82) is 0 Å². The van der Waals surface area contributed by atoms with Crippen LogP contribution in [0.2, 0.25) is 0 Å². The molecule has 1 aromatic heterocycles. The number of cyclic esters (lactones) is 1. The summed E-state index contributed by atoms with van der Waals surface area (Å²) in [4.78, 5) is 101. The van der Waals surface area contributed by atoms with Gasteiger partial charge in [-0.1, -0.05) is 41.5 Å². The summed E-state index contributed by atoms with van der Waals surface area (Å²) < 4.78 is 105. The summed E-state index contributed by atoms with van der Waals surface area (Å²) >= 11 is 1.22. The van der Waals surface area contributed by atoms with E-state index in [1.807, 2.05) is 47.6 Å². The van der Waals surface area contributed by atoms with Crippen molar-refractivity contribution in [3.63, 3.8) is 0 Å². The molecule has 28 heteroatoms. The maximum absolute atomic E-state index is 16.1. The SMILES string of the molecule is CCCN(CCC)C(=O)c1cc(C(N)=O)c(Nc2c(C)c(C(CNCCC(C)C)[C@@H](N)Cc3cc(F)cc(C(F)(F)F)c3)c(C(=O)O)c([C@@H](CCc3cc(F)cc(F)c3)CNC[C@H]3CN(CC)C(=O)O3)c2C(=O)N(CCC)CCC)c(C(=O)O)c1.COc1ccc2sc(C(=O)O)cc2c1OC. The van der Waals surface area contributed by atoms with Gasteiger partial charge in [0.2, 0.25) is 0 Å². The number of hydrogen-bond donors (Lipinski definition) is 8. The smallest absolute Gasteiger partial charge is 0.416 e. The fourth-order valence-electron chi connectivity index (χ4n) is 12.6. The Hall–Kier alpha value is -8.99. The van der Waals surface area contributed by atoms with E-state index in [-0.39, 0.29) is 116 Å². The summed E-state index contributed by atoms with van der Waals surface area (Å²) in [6.45, 7) is 15.7. The number of ether oxygens (including phenoxy) is 3. The van der Waals surface area contributed by atoms with Crippen molar-refractivity contribution in [3.05, 3.63) is 150 Å². The van der Waals surface area contributed by atoms with Gasteiger partial charge in [0, 0.05) is 86.0 Å². The first-order chi connectivity index (χ1) is 47.9. The molecule has 4 amide bonds. The van der Waals surface area contributed by atoms with Crippen LogP contribution in [0.15, 0.2) is 66.7 Å². The highest BCUT2D eigenvalue weighted by Gasteiger charge is 2.40. The second-order valence-electron chi connectivity index (χ2n) is 25.3. The van der Waals surface area contributed by atoms with E-state index in [1.165, 1.54) is 40.1 Å². The van der Waals surface area contributed by atoms with Crippen LogP contribution in [0.5, 0.6) is 11.5 Å². The number of nitrogens with zero attached hydrogens (tertiary/aromatic N) is 3. The van der Waals surface area contributed by atoms with Gasteiger partial charge < -0.3 is 71.6 Å². The molecule has 1 unspecified atom stereocenters. The Morgan fingerprint density at radius 3 is 1.86 bits per heavy atom. The Morgan fingerprint density at radius 1 is 0.723 bits per heavy atom. The lowest BCUT2D eigenvalue weighted by Crippen LogP contribution is -2.41. The number of aryl methyl sites for hydroxylation is 1. The highest BCUT2D eigenvalue weighted by Crippen LogP contribution is 2.46. The van der Waals surface area contributed by atoms with Crippen LogP contribution in [0.4, 0.5) is 42.5 Å². The predicted molar refractivity (Wildman–Crippen MR) is 374 cm³/mol. The minimum absolute atomic E-state index is 0.00951. The number of carboxylic acid groups (broad SMARTS) is 3. The molecule has 101 heavy (non-hydrogen) atoms. The number of benzene rings is 5. The molecule has 0 radical (unpaired) electrons. The van der Waals surface area contributed by atoms with Crippen LogP contribution in [0.25, 0.3) is 10.1 Å². The maximum Gasteiger partial charge on any atom is 0.416 e. The summed E-state index contributed by atoms with van der Waals surface area (Å²) in [6.07, 6.45) is -4.59. The number of nitrogens with one attached hydrogen (secondary N) is 3. The first-order valence-corrected chi connectivity index (χ1v) is 34.5. The lowest BCUT2D eigenvalue weighted by Gasteiger charge is -2.35. The predicted octanol–water partition coefficient (Wildman–Crippen LogP) is 13.2. The van der Waals surface area contributed by atoms with E-state index in [0.717, 1.165) is 46.5 Å². The number of likely N-dealkylation sites (N-methyl/N-ethyl adjacent to an activating group) is 1. The minimum Gasteiger partial charge on any atom is -0.493 e. The second-order valence-corrected chi connectivity index (χ2v) is 26.3. The zero-order valence-electron chi connectivity index (χ0n) is 58.6. The van der Waals surface area contributed by atoms with Gasteiger partial charge in [-0.15, -0.1) is 11.3 Å². The standard InChI is InChI=1S/C62H82F6N8O9.C11H10O4S/c1-9-18-75(19-10-2)57(78)40-27-46(56(70)77)55(47(28-40)59(80)81)73-54-36(8)50(48(33-71-17-16-35(6)7)49(69)26-38-22-41(62(66,67)68)29-42(63)25-38)52(60(82)83)51(53(54)58(79)76(20-11-3)21-12-4)39(15-14-37-23-43(64)30-44(65)24-37)31-72-32-45-34-74(13-5)61(84)85-45;1-14-7-3-4-8-6(10(7)15-2)5-9(16-8)11(12)13/h22-25,27-30,35,39,45,48-49,71-73H,9-21,26,31-34,69H2,1-8H3,(H2,70,77)(H,80,81)(H,82,83);3-5H,1-2H3,(H,12,13)/t39-,45-,48?,49-;/m0./s1. The van der Waals surface area contributed by atoms with Crippen LogP contribution >= 0.6 is 11.3 Å². The van der Waals surface area contributed by atoms with Gasteiger partial charge in [-0.2, -0.15) is 13.2 Å². The van der Waals surface area contributed by atoms with Crippen molar-refractivity contribution in [2.45, 2.75) is 137 Å². The van der Waals surface area contributed by atoms with Gasteiger partial charge in [-0.3, -0.25) is 14.4 Å². The lowest BCUT2D eigenvalue weighted by atomic mass is 9.75. The zero-order valence-corrected chi connectivity index (χ0v) is 59.4. The van der Waals surface area contributed by atoms with Gasteiger partial charge in [0.1, 0.15) is 28.4 Å². The molecule has 2 heterocycles. The van der Waals surface area contributed by atoms with Crippen molar-refractivity contribution in [3.8, 4) is 11.5 Å². The largest absolute Gasteiger partial charge is 0.493 e. The normalized spacial score (nSPS) is 13.9. The Labute approximate surface area is 587 Å². The van der Waals surface area contributed by atoms with Crippen LogP contribution in [0, 0.1) is 30.3 Å². The highest BCUT2D eigenvalue weighted by molar-refractivity contribution is 7.20. The van der Waals surface area contributed by atoms with Gasteiger partial charge >= 0.3 is 30.2 Å². The number of carbonyl (C=O) groups is 7. The Morgan fingerprint density at radius 2 is 1.33 bits per heavy atom. The molecule has 6 aromatic rings. The van der Waals surface area contributed by atoms with E-state index in [4.69, 9.17) is 30.8 Å². The lowest BCUT2D eigenvalue weighted by molar-refractivity contribution is -0.137. The molecule has 21 nitrogen and oxygen atoms in total. The molecule has 1 aliphatic rings. The van der Waals surface area contributed by atoms with E-state index in [0.29, 0.717) is 73.7 Å². The Bertz CT molecular complexity index is 3880. The first-order valence-electron chi connectivity index (χ1n) is 33.7. The fourth-order valence-corrected chi connectivity index (χ4v) is 13.5. The van der Waals surface area contributed by atoms with E-state index in [2.05, 4.69) is 16.0 Å². The molecule has 0 saturated carbocycles. The molecule has 0 spiro atoms. The van der Waals surface area contributed by atoms with Gasteiger partial charge in [0.15, 0.2) is 11.5 Å². The third-order valence-electron chi connectivity index (χ3n) is 17.3. The number of thiophene rings is 1. The van der Waals surface area contributed by atoms with E-state index in [9.17, 15) is 52.2 Å². The monoisotopic (exact) mass is 1430 g/mol. The number of carboxylic acids is 3. The van der Waals surface area contributed by atoms with Crippen molar-refractivity contribution in [2.75, 3.05) is 85.0 Å². The average Bonchev–Trinajstić information content (AvgIpc) is 1.46. The number of primary amides is 1. The Kier molecular flexibility index (Phi) is 29.7. The van der Waals surface area contributed by atoms with Crippen LogP contribution in [-0.4, -0.2) is 164 Å². The van der Waals surface area contributed by atoms with Crippen LogP contribution in [0.3, 0.4) is 0 Å². The van der Waals surface area contributed by atoms with Crippen LogP contribution < -0.4 is 36.9 Å². The summed E-state index contributed by atoms with van der Waals surface area (Å²) in [5.74, 6) is -10.9. The molecule has 1 fully saturated rings. The number of halogens is 6. The molecule has 5 aromatic carbocycles. The van der Waals surface area contributed by atoms with Crippen molar-refractivity contribution in [2.24, 2.45) is 17.4 Å². The summed E-state index contributed by atoms with van der Waals surface area (Å²) in [5.41, 5.74) is 8.69. The summed E-state index contributed by atoms with van der Waals surface area (Å²) in [6, 6.07) is 10.9. The molecular formula is C73H92F6N8O13S. The fraction of sp³-hybridized carbons (Fsp3) is 0.466.